The van der Waals surface area contributed by atoms with Gasteiger partial charge in [-0.2, -0.15) is 8.42 Å². The first-order valence-electron chi connectivity index (χ1n) is 10.5. The Morgan fingerprint density at radius 3 is 2.71 bits per heavy atom. The molecule has 0 atom stereocenters. The Labute approximate surface area is 181 Å². The number of aryl methyl sites for hydroxylation is 1. The first-order chi connectivity index (χ1) is 14.6. The van der Waals surface area contributed by atoms with Gasteiger partial charge in [-0.1, -0.05) is 6.08 Å². The van der Waals surface area contributed by atoms with Crippen LogP contribution in [0.1, 0.15) is 38.3 Å². The van der Waals surface area contributed by atoms with Gasteiger partial charge in [-0.3, -0.25) is 9.55 Å². The van der Waals surface area contributed by atoms with Crippen LogP contribution in [0.4, 0.5) is 11.4 Å². The van der Waals surface area contributed by atoms with Crippen molar-refractivity contribution in [2.24, 2.45) is 9.98 Å². The Kier molecular flexibility index (Phi) is 4.50. The van der Waals surface area contributed by atoms with Crippen molar-refractivity contribution in [3.8, 4) is 11.5 Å². The standard InChI is InChI=1S/C23H25N3O4S/c1-4-26-7-5-6-14-8-18-22(11-20(14)26)30-21-10-17-16(9-19(21)24-18)15(13-31(27,28)29)12-23(2,3)25-17/h8-12H,4-7,13H2,1-3H3,(H,27,28,29). The monoisotopic (exact) mass is 439 g/mol. The second-order valence-electron chi connectivity index (χ2n) is 8.84. The zero-order valence-corrected chi connectivity index (χ0v) is 18.7. The molecule has 2 aromatic carbocycles. The normalized spacial score (nSPS) is 18.3. The van der Waals surface area contributed by atoms with Crippen LogP contribution in [0.25, 0.3) is 5.57 Å². The molecule has 0 fully saturated rings. The fourth-order valence-electron chi connectivity index (χ4n) is 4.66. The average molecular weight is 440 g/mol. The highest BCUT2D eigenvalue weighted by molar-refractivity contribution is 7.86. The third-order valence-electron chi connectivity index (χ3n) is 5.91. The van der Waals surface area contributed by atoms with Crippen molar-refractivity contribution in [1.82, 2.24) is 0 Å². The van der Waals surface area contributed by atoms with Crippen molar-refractivity contribution >= 4 is 27.1 Å². The van der Waals surface area contributed by atoms with E-state index in [0.29, 0.717) is 27.6 Å². The highest BCUT2D eigenvalue weighted by Crippen LogP contribution is 2.41. The number of benzene rings is 2. The fourth-order valence-corrected chi connectivity index (χ4v) is 5.29. The van der Waals surface area contributed by atoms with Crippen LogP contribution < -0.4 is 20.4 Å². The van der Waals surface area contributed by atoms with Crippen LogP contribution in [0, 0.1) is 0 Å². The fraction of sp³-hybridized carbons (Fsp3) is 0.391. The third-order valence-corrected chi connectivity index (χ3v) is 6.59. The van der Waals surface area contributed by atoms with Crippen LogP contribution in [0.2, 0.25) is 0 Å². The topological polar surface area (TPSA) is 91.6 Å². The van der Waals surface area contributed by atoms with E-state index >= 15 is 0 Å². The van der Waals surface area contributed by atoms with E-state index in [0.717, 1.165) is 37.4 Å². The molecule has 5 rings (SSSR count). The summed E-state index contributed by atoms with van der Waals surface area (Å²) in [5.74, 6) is 0.850. The molecule has 2 aromatic rings. The minimum absolute atomic E-state index is 0.463. The molecule has 162 valence electrons. The Morgan fingerprint density at radius 2 is 1.97 bits per heavy atom. The molecule has 3 aliphatic rings. The predicted octanol–water partition coefficient (Wildman–Crippen LogP) is 3.20. The Balaban J connectivity index is 1.67. The summed E-state index contributed by atoms with van der Waals surface area (Å²) in [6.07, 6.45) is 3.91. The number of rotatable bonds is 3. The van der Waals surface area contributed by atoms with Crippen LogP contribution in [0.15, 0.2) is 40.3 Å². The number of anilines is 1. The summed E-state index contributed by atoms with van der Waals surface area (Å²) in [6, 6.07) is 7.79. The van der Waals surface area contributed by atoms with Gasteiger partial charge in [-0.15, -0.1) is 0 Å². The van der Waals surface area contributed by atoms with Gasteiger partial charge in [0.2, 0.25) is 0 Å². The molecular weight excluding hydrogens is 414 g/mol. The van der Waals surface area contributed by atoms with E-state index < -0.39 is 21.4 Å². The largest absolute Gasteiger partial charge is 0.453 e. The maximum atomic E-state index is 11.6. The lowest BCUT2D eigenvalue weighted by Crippen LogP contribution is -2.30. The zero-order chi connectivity index (χ0) is 22.0. The van der Waals surface area contributed by atoms with Crippen LogP contribution in [0.3, 0.4) is 0 Å². The molecule has 31 heavy (non-hydrogen) atoms. The molecule has 0 amide bonds. The van der Waals surface area contributed by atoms with Gasteiger partial charge in [-0.25, -0.2) is 4.99 Å². The molecule has 0 saturated carbocycles. The lowest BCUT2D eigenvalue weighted by Gasteiger charge is -2.31. The molecule has 8 heteroatoms. The smallest absolute Gasteiger partial charge is 0.269 e. The molecule has 0 bridgehead atoms. The van der Waals surface area contributed by atoms with Crippen LogP contribution in [-0.4, -0.2) is 37.4 Å². The van der Waals surface area contributed by atoms with Crippen molar-refractivity contribution in [3.05, 3.63) is 52.2 Å². The SMILES string of the molecule is CCN1CCCc2cc3c(cc21)Oc1cc2c(cc1=N3)C(CS(=O)(=O)O)=CC(C)(C)N=2. The summed E-state index contributed by atoms with van der Waals surface area (Å²) >= 11 is 0. The van der Waals surface area contributed by atoms with Crippen molar-refractivity contribution < 1.29 is 17.7 Å². The number of hydrogen-bond acceptors (Lipinski definition) is 6. The molecule has 7 nitrogen and oxygen atoms in total. The molecule has 0 aliphatic carbocycles. The van der Waals surface area contributed by atoms with Gasteiger partial charge in [0.1, 0.15) is 16.8 Å². The molecular formula is C23H25N3O4S. The minimum Gasteiger partial charge on any atom is -0.453 e. The predicted molar refractivity (Wildman–Crippen MR) is 120 cm³/mol. The number of nitrogens with zero attached hydrogens (tertiary/aromatic N) is 3. The van der Waals surface area contributed by atoms with E-state index in [4.69, 9.17) is 14.7 Å². The number of fused-ring (bicyclic) bond motifs is 4. The van der Waals surface area contributed by atoms with Crippen molar-refractivity contribution in [2.45, 2.75) is 39.2 Å². The van der Waals surface area contributed by atoms with Crippen molar-refractivity contribution in [3.63, 3.8) is 0 Å². The Bertz CT molecular complexity index is 1360. The van der Waals surface area contributed by atoms with Gasteiger partial charge >= 0.3 is 0 Å². The van der Waals surface area contributed by atoms with E-state index in [1.165, 1.54) is 11.3 Å². The molecule has 0 saturated heterocycles. The highest BCUT2D eigenvalue weighted by atomic mass is 32.2. The van der Waals surface area contributed by atoms with Gasteiger partial charge < -0.3 is 9.64 Å². The second kappa shape index (κ2) is 6.90. The van der Waals surface area contributed by atoms with Crippen molar-refractivity contribution in [1.29, 1.82) is 0 Å². The van der Waals surface area contributed by atoms with Gasteiger partial charge in [0.15, 0.2) is 11.5 Å². The van der Waals surface area contributed by atoms with E-state index in [2.05, 4.69) is 24.0 Å². The first kappa shape index (κ1) is 20.2. The summed E-state index contributed by atoms with van der Waals surface area (Å²) < 4.78 is 38.9. The molecule has 0 unspecified atom stereocenters. The molecule has 1 N–H and O–H groups in total. The molecule has 0 radical (unpaired) electrons. The number of hydrogen-bond donors (Lipinski definition) is 1. The Morgan fingerprint density at radius 1 is 1.16 bits per heavy atom. The lowest BCUT2D eigenvalue weighted by molar-refractivity contribution is 0.467. The summed E-state index contributed by atoms with van der Waals surface area (Å²) in [6.45, 7) is 7.93. The third kappa shape index (κ3) is 3.74. The van der Waals surface area contributed by atoms with E-state index in [9.17, 15) is 13.0 Å². The second-order valence-corrected chi connectivity index (χ2v) is 10.3. The lowest BCUT2D eigenvalue weighted by atomic mass is 9.93. The summed E-state index contributed by atoms with van der Waals surface area (Å²) in [5.41, 5.74) is 3.83. The summed E-state index contributed by atoms with van der Waals surface area (Å²) in [7, 11) is -4.18. The molecule has 0 spiro atoms. The van der Waals surface area contributed by atoms with Crippen LogP contribution in [-0.2, 0) is 16.5 Å². The Hall–Kier alpha value is -2.71. The van der Waals surface area contributed by atoms with Crippen LogP contribution >= 0.6 is 0 Å². The maximum Gasteiger partial charge on any atom is 0.269 e. The first-order valence-corrected chi connectivity index (χ1v) is 12.1. The van der Waals surface area contributed by atoms with Crippen LogP contribution in [0.5, 0.6) is 11.5 Å². The van der Waals surface area contributed by atoms with Gasteiger partial charge in [-0.05, 0) is 56.9 Å². The molecule has 3 aliphatic heterocycles. The highest BCUT2D eigenvalue weighted by Gasteiger charge is 2.26. The van der Waals surface area contributed by atoms with E-state index in [-0.39, 0.29) is 0 Å². The maximum absolute atomic E-state index is 11.6. The minimum atomic E-state index is -4.18. The molecule has 3 heterocycles. The van der Waals surface area contributed by atoms with E-state index in [1.807, 2.05) is 19.9 Å². The number of ether oxygens (including phenoxy) is 1. The quantitative estimate of drug-likeness (QED) is 0.633. The van der Waals surface area contributed by atoms with Gasteiger partial charge in [0.25, 0.3) is 10.1 Å². The molecule has 0 aromatic heterocycles. The van der Waals surface area contributed by atoms with Crippen molar-refractivity contribution in [2.75, 3.05) is 23.7 Å². The van der Waals surface area contributed by atoms with Gasteiger partial charge in [0.05, 0.1) is 10.9 Å². The zero-order valence-electron chi connectivity index (χ0n) is 17.8. The van der Waals surface area contributed by atoms with E-state index in [1.54, 1.807) is 12.1 Å². The summed E-state index contributed by atoms with van der Waals surface area (Å²) in [5, 5.41) is 1.27. The average Bonchev–Trinajstić information content (AvgIpc) is 2.67. The van der Waals surface area contributed by atoms with Gasteiger partial charge in [0, 0.05) is 36.5 Å². The summed E-state index contributed by atoms with van der Waals surface area (Å²) in [4.78, 5) is 11.9.